The quantitative estimate of drug-likeness (QED) is 0.490. The highest BCUT2D eigenvalue weighted by Crippen LogP contribution is 2.27. The second-order valence-corrected chi connectivity index (χ2v) is 5.92. The smallest absolute Gasteiger partial charge is 0.320 e. The molecule has 1 rings (SSSR count). The highest BCUT2D eigenvalue weighted by atomic mass is 32.2. The molecule has 0 aromatic carbocycles. The van der Waals surface area contributed by atoms with Gasteiger partial charge in [0.25, 0.3) is 0 Å². The molecule has 0 saturated carbocycles. The van der Waals surface area contributed by atoms with Crippen LogP contribution in [0.5, 0.6) is 0 Å². The maximum atomic E-state index is 11.4. The topological polar surface area (TPSA) is 86.7 Å². The van der Waals surface area contributed by atoms with Crippen LogP contribution in [0.4, 0.5) is 0 Å². The van der Waals surface area contributed by atoms with Gasteiger partial charge in [-0.3, -0.25) is 9.59 Å². The monoisotopic (exact) mass is 250 g/mol. The van der Waals surface area contributed by atoms with E-state index in [0.717, 1.165) is 14.2 Å². The maximum absolute atomic E-state index is 11.4. The maximum Gasteiger partial charge on any atom is 0.320 e. The van der Waals surface area contributed by atoms with Crippen LogP contribution in [-0.4, -0.2) is 46.1 Å². The van der Waals surface area contributed by atoms with E-state index in [0.29, 0.717) is 0 Å². The molecule has 6 nitrogen and oxygen atoms in total. The lowest BCUT2D eigenvalue weighted by Crippen LogP contribution is -2.34. The van der Waals surface area contributed by atoms with Crippen LogP contribution in [-0.2, 0) is 28.9 Å². The molecule has 1 saturated heterocycles. The SMILES string of the molecule is COC(=O)C(C(=O)OC)[C@H]1CCS(=O)(=O)C1. The standard InChI is InChI=1S/C9H14O6S/c1-14-8(10)7(9(11)15-2)6-3-4-16(12,13)5-6/h6-7H,3-5H2,1-2H3/t6-/m0/s1. The van der Waals surface area contributed by atoms with Gasteiger partial charge in [0.1, 0.15) is 0 Å². The molecule has 0 radical (unpaired) electrons. The molecule has 0 unspecified atom stereocenters. The number of methoxy groups -OCH3 is 2. The Labute approximate surface area is 93.8 Å². The lowest BCUT2D eigenvalue weighted by molar-refractivity contribution is -0.161. The van der Waals surface area contributed by atoms with Crippen LogP contribution in [0.15, 0.2) is 0 Å². The molecule has 0 spiro atoms. The predicted molar refractivity (Wildman–Crippen MR) is 54.3 cm³/mol. The van der Waals surface area contributed by atoms with E-state index in [1.54, 1.807) is 0 Å². The lowest BCUT2D eigenvalue weighted by atomic mass is 9.92. The lowest BCUT2D eigenvalue weighted by Gasteiger charge is -2.17. The van der Waals surface area contributed by atoms with Crippen molar-refractivity contribution in [3.63, 3.8) is 0 Å². The summed E-state index contributed by atoms with van der Waals surface area (Å²) in [5.41, 5.74) is 0. The minimum atomic E-state index is -3.14. The summed E-state index contributed by atoms with van der Waals surface area (Å²) in [5.74, 6) is -3.32. The molecular weight excluding hydrogens is 236 g/mol. The number of sulfone groups is 1. The summed E-state index contributed by atoms with van der Waals surface area (Å²) in [6.07, 6.45) is 0.289. The number of carbonyl (C=O) groups excluding carboxylic acids is 2. The van der Waals surface area contributed by atoms with E-state index in [1.807, 2.05) is 0 Å². The van der Waals surface area contributed by atoms with E-state index in [1.165, 1.54) is 0 Å². The van der Waals surface area contributed by atoms with E-state index >= 15 is 0 Å². The molecule has 92 valence electrons. The van der Waals surface area contributed by atoms with Gasteiger partial charge in [-0.2, -0.15) is 0 Å². The first-order valence-electron chi connectivity index (χ1n) is 4.77. The Bertz CT molecular complexity index is 369. The van der Waals surface area contributed by atoms with Gasteiger partial charge in [-0.25, -0.2) is 8.42 Å². The third-order valence-electron chi connectivity index (χ3n) is 2.65. The molecule has 1 aliphatic heterocycles. The molecule has 0 N–H and O–H groups in total. The number of ether oxygens (including phenoxy) is 2. The Morgan fingerprint density at radius 1 is 1.19 bits per heavy atom. The molecule has 0 aliphatic carbocycles. The first-order chi connectivity index (χ1) is 7.41. The minimum Gasteiger partial charge on any atom is -0.468 e. The predicted octanol–water partition coefficient (Wildman–Crippen LogP) is -0.617. The van der Waals surface area contributed by atoms with Crippen molar-refractivity contribution in [3.8, 4) is 0 Å². The van der Waals surface area contributed by atoms with Crippen molar-refractivity contribution in [2.75, 3.05) is 25.7 Å². The molecule has 1 fully saturated rings. The summed E-state index contributed by atoms with van der Waals surface area (Å²) in [6, 6.07) is 0. The minimum absolute atomic E-state index is 0.00214. The van der Waals surface area contributed by atoms with Gasteiger partial charge in [0.15, 0.2) is 15.8 Å². The average Bonchev–Trinajstić information content (AvgIpc) is 2.58. The van der Waals surface area contributed by atoms with Crippen molar-refractivity contribution < 1.29 is 27.5 Å². The fraction of sp³-hybridized carbons (Fsp3) is 0.778. The number of hydrogen-bond acceptors (Lipinski definition) is 6. The Morgan fingerprint density at radius 2 is 1.69 bits per heavy atom. The van der Waals surface area contributed by atoms with E-state index in [-0.39, 0.29) is 17.9 Å². The van der Waals surface area contributed by atoms with Gasteiger partial charge in [0.2, 0.25) is 0 Å². The van der Waals surface area contributed by atoms with Crippen molar-refractivity contribution in [1.29, 1.82) is 0 Å². The Balaban J connectivity index is 2.87. The molecule has 0 aromatic rings. The van der Waals surface area contributed by atoms with Gasteiger partial charge in [-0.1, -0.05) is 0 Å². The Hall–Kier alpha value is -1.11. The Kier molecular flexibility index (Phi) is 3.90. The van der Waals surface area contributed by atoms with Gasteiger partial charge in [-0.05, 0) is 12.3 Å². The van der Waals surface area contributed by atoms with Crippen LogP contribution in [0.1, 0.15) is 6.42 Å². The van der Waals surface area contributed by atoms with Gasteiger partial charge >= 0.3 is 11.9 Å². The molecule has 0 aromatic heterocycles. The molecule has 1 aliphatic rings. The molecule has 1 heterocycles. The summed E-state index contributed by atoms with van der Waals surface area (Å²) < 4.78 is 31.5. The van der Waals surface area contributed by atoms with Gasteiger partial charge in [0.05, 0.1) is 25.7 Å². The van der Waals surface area contributed by atoms with Crippen LogP contribution in [0.2, 0.25) is 0 Å². The zero-order valence-electron chi connectivity index (χ0n) is 9.13. The van der Waals surface area contributed by atoms with Gasteiger partial charge < -0.3 is 9.47 Å². The molecular formula is C9H14O6S. The fourth-order valence-electron chi connectivity index (χ4n) is 1.82. The number of hydrogen-bond donors (Lipinski definition) is 0. The normalized spacial score (nSPS) is 23.1. The van der Waals surface area contributed by atoms with Gasteiger partial charge in [0, 0.05) is 0 Å². The summed E-state index contributed by atoms with van der Waals surface area (Å²) >= 11 is 0. The summed E-state index contributed by atoms with van der Waals surface area (Å²) in [7, 11) is -0.831. The largest absolute Gasteiger partial charge is 0.468 e. The molecule has 0 bridgehead atoms. The van der Waals surface area contributed by atoms with E-state index in [9.17, 15) is 18.0 Å². The van der Waals surface area contributed by atoms with E-state index in [2.05, 4.69) is 9.47 Å². The van der Waals surface area contributed by atoms with E-state index < -0.39 is 33.6 Å². The average molecular weight is 250 g/mol. The van der Waals surface area contributed by atoms with Crippen molar-refractivity contribution in [2.24, 2.45) is 11.8 Å². The van der Waals surface area contributed by atoms with Crippen LogP contribution in [0.25, 0.3) is 0 Å². The molecule has 16 heavy (non-hydrogen) atoms. The third kappa shape index (κ3) is 2.72. The number of rotatable bonds is 3. The molecule has 0 amide bonds. The highest BCUT2D eigenvalue weighted by molar-refractivity contribution is 7.91. The second-order valence-electron chi connectivity index (χ2n) is 3.69. The summed E-state index contributed by atoms with van der Waals surface area (Å²) in [6.45, 7) is 0. The number of esters is 2. The summed E-state index contributed by atoms with van der Waals surface area (Å²) in [4.78, 5) is 22.8. The third-order valence-corrected chi connectivity index (χ3v) is 4.44. The zero-order chi connectivity index (χ0) is 12.3. The van der Waals surface area contributed by atoms with Crippen LogP contribution >= 0.6 is 0 Å². The van der Waals surface area contributed by atoms with Gasteiger partial charge in [-0.15, -0.1) is 0 Å². The first-order valence-corrected chi connectivity index (χ1v) is 6.59. The van der Waals surface area contributed by atoms with Crippen LogP contribution in [0.3, 0.4) is 0 Å². The Morgan fingerprint density at radius 3 is 2.00 bits per heavy atom. The van der Waals surface area contributed by atoms with Crippen molar-refractivity contribution in [3.05, 3.63) is 0 Å². The zero-order valence-corrected chi connectivity index (χ0v) is 9.95. The van der Waals surface area contributed by atoms with Crippen molar-refractivity contribution >= 4 is 21.8 Å². The molecule has 7 heteroatoms. The van der Waals surface area contributed by atoms with Crippen LogP contribution < -0.4 is 0 Å². The highest BCUT2D eigenvalue weighted by Gasteiger charge is 2.42. The first kappa shape index (κ1) is 13.0. The fourth-order valence-corrected chi connectivity index (χ4v) is 3.66. The number of carbonyl (C=O) groups is 2. The second kappa shape index (κ2) is 4.82. The van der Waals surface area contributed by atoms with Crippen LogP contribution in [0, 0.1) is 11.8 Å². The van der Waals surface area contributed by atoms with Crippen molar-refractivity contribution in [2.45, 2.75) is 6.42 Å². The van der Waals surface area contributed by atoms with Crippen molar-refractivity contribution in [1.82, 2.24) is 0 Å². The summed E-state index contributed by atoms with van der Waals surface area (Å²) in [5, 5.41) is 0. The van der Waals surface area contributed by atoms with E-state index in [4.69, 9.17) is 0 Å². The molecule has 1 atom stereocenters.